The molecule has 0 spiro atoms. The van der Waals surface area contributed by atoms with E-state index in [1.54, 1.807) is 12.1 Å². The first-order valence-electron chi connectivity index (χ1n) is 8.57. The second kappa shape index (κ2) is 6.50. The highest BCUT2D eigenvalue weighted by atomic mass is 19.1. The van der Waals surface area contributed by atoms with Crippen LogP contribution in [-0.4, -0.2) is 13.0 Å². The van der Waals surface area contributed by atoms with Crippen molar-refractivity contribution in [3.63, 3.8) is 0 Å². The lowest BCUT2D eigenvalue weighted by Crippen LogP contribution is -2.36. The number of hydrogen-bond acceptors (Lipinski definition) is 2. The smallest absolute Gasteiger partial charge is 0.261 e. The fraction of sp³-hybridized carbons (Fsp3) is 0.136. The number of anilines is 1. The molecule has 4 rings (SSSR count). The zero-order valence-electron chi connectivity index (χ0n) is 14.9. The lowest BCUT2D eigenvalue weighted by Gasteiger charge is -2.37. The average Bonchev–Trinajstić information content (AvgIpc) is 2.68. The van der Waals surface area contributed by atoms with Crippen LogP contribution < -0.4 is 9.64 Å². The molecule has 3 aromatic carbocycles. The normalized spacial score (nSPS) is 15.1. The Kier molecular flexibility index (Phi) is 4.15. The van der Waals surface area contributed by atoms with Gasteiger partial charge in [-0.05, 0) is 48.4 Å². The maximum atomic E-state index is 14.5. The molecule has 1 atom stereocenters. The zero-order chi connectivity index (χ0) is 19.1. The van der Waals surface area contributed by atoms with Gasteiger partial charge in [-0.2, -0.15) is 0 Å². The number of carbonyl (C=O) groups excluding carboxylic acids is 1. The van der Waals surface area contributed by atoms with E-state index in [0.29, 0.717) is 17.0 Å². The summed E-state index contributed by atoms with van der Waals surface area (Å²) >= 11 is 0. The van der Waals surface area contributed by atoms with Gasteiger partial charge in [-0.15, -0.1) is 0 Å². The standard InChI is InChI=1S/C22H17F2NO2/c1-13-19-11-14(23)7-9-16(19)17-5-3-4-6-21(17)25(13)22(26)18-10-8-15(27-2)12-20(18)24/h3-13H,1-2H3. The summed E-state index contributed by atoms with van der Waals surface area (Å²) in [6, 6.07) is 15.6. The molecule has 3 aromatic rings. The molecule has 5 heteroatoms. The fourth-order valence-corrected chi connectivity index (χ4v) is 3.59. The van der Waals surface area contributed by atoms with Gasteiger partial charge in [0.2, 0.25) is 0 Å². The van der Waals surface area contributed by atoms with Gasteiger partial charge in [-0.3, -0.25) is 4.79 Å². The number of nitrogens with zero attached hydrogens (tertiary/aromatic N) is 1. The van der Waals surface area contributed by atoms with E-state index in [-0.39, 0.29) is 11.4 Å². The van der Waals surface area contributed by atoms with Crippen LogP contribution in [0, 0.1) is 11.6 Å². The Hall–Kier alpha value is -3.21. The molecular formula is C22H17F2NO2. The van der Waals surface area contributed by atoms with Crippen molar-refractivity contribution in [1.82, 2.24) is 0 Å². The van der Waals surface area contributed by atoms with E-state index in [1.807, 2.05) is 31.2 Å². The molecule has 3 nitrogen and oxygen atoms in total. The van der Waals surface area contributed by atoms with Crippen LogP contribution in [0.1, 0.15) is 28.9 Å². The van der Waals surface area contributed by atoms with Crippen molar-refractivity contribution in [2.75, 3.05) is 12.0 Å². The molecule has 0 saturated carbocycles. The van der Waals surface area contributed by atoms with Crippen molar-refractivity contribution in [2.24, 2.45) is 0 Å². The number of amides is 1. The second-order valence-electron chi connectivity index (χ2n) is 6.45. The third kappa shape index (κ3) is 2.76. The highest BCUT2D eigenvalue weighted by Crippen LogP contribution is 2.45. The van der Waals surface area contributed by atoms with Crippen LogP contribution in [0.5, 0.6) is 5.75 Å². The molecule has 0 radical (unpaired) electrons. The highest BCUT2D eigenvalue weighted by molar-refractivity contribution is 6.10. The van der Waals surface area contributed by atoms with Crippen LogP contribution in [0.4, 0.5) is 14.5 Å². The van der Waals surface area contributed by atoms with Crippen LogP contribution in [0.25, 0.3) is 11.1 Å². The van der Waals surface area contributed by atoms with Crippen LogP contribution >= 0.6 is 0 Å². The van der Waals surface area contributed by atoms with E-state index in [4.69, 9.17) is 4.74 Å². The van der Waals surface area contributed by atoms with Gasteiger partial charge in [-0.1, -0.05) is 24.3 Å². The quantitative estimate of drug-likeness (QED) is 0.612. The highest BCUT2D eigenvalue weighted by Gasteiger charge is 2.33. The minimum absolute atomic E-state index is 0.0580. The summed E-state index contributed by atoms with van der Waals surface area (Å²) in [7, 11) is 1.44. The summed E-state index contributed by atoms with van der Waals surface area (Å²) in [5, 5.41) is 0. The lowest BCUT2D eigenvalue weighted by atomic mass is 9.88. The van der Waals surface area contributed by atoms with Crippen molar-refractivity contribution in [1.29, 1.82) is 0 Å². The van der Waals surface area contributed by atoms with E-state index in [1.165, 1.54) is 36.3 Å². The summed E-state index contributed by atoms with van der Waals surface area (Å²) in [5.74, 6) is -1.18. The Balaban J connectivity index is 1.87. The second-order valence-corrected chi connectivity index (χ2v) is 6.45. The summed E-state index contributed by atoms with van der Waals surface area (Å²) in [5.41, 5.74) is 2.99. The first kappa shape index (κ1) is 17.2. The molecule has 0 aromatic heterocycles. The first-order valence-corrected chi connectivity index (χ1v) is 8.57. The molecule has 0 N–H and O–H groups in total. The molecule has 1 heterocycles. The molecule has 1 aliphatic rings. The molecule has 0 fully saturated rings. The number of fused-ring (bicyclic) bond motifs is 3. The van der Waals surface area contributed by atoms with Gasteiger partial charge in [0, 0.05) is 11.6 Å². The van der Waals surface area contributed by atoms with Crippen molar-refractivity contribution in [2.45, 2.75) is 13.0 Å². The summed E-state index contributed by atoms with van der Waals surface area (Å²) in [4.78, 5) is 14.8. The van der Waals surface area contributed by atoms with Crippen LogP contribution in [0.2, 0.25) is 0 Å². The number of hydrogen-bond donors (Lipinski definition) is 0. The maximum absolute atomic E-state index is 14.5. The fourth-order valence-electron chi connectivity index (χ4n) is 3.59. The van der Waals surface area contributed by atoms with Crippen molar-refractivity contribution in [3.8, 4) is 16.9 Å². The predicted octanol–water partition coefficient (Wildman–Crippen LogP) is 5.36. The first-order chi connectivity index (χ1) is 13.0. The third-order valence-electron chi connectivity index (χ3n) is 4.93. The van der Waals surface area contributed by atoms with Gasteiger partial charge in [-0.25, -0.2) is 8.78 Å². The van der Waals surface area contributed by atoms with Gasteiger partial charge in [0.1, 0.15) is 17.4 Å². The van der Waals surface area contributed by atoms with E-state index >= 15 is 0 Å². The Bertz CT molecular complexity index is 1050. The largest absolute Gasteiger partial charge is 0.497 e. The van der Waals surface area contributed by atoms with Gasteiger partial charge in [0.25, 0.3) is 5.91 Å². The van der Waals surface area contributed by atoms with E-state index < -0.39 is 17.8 Å². The van der Waals surface area contributed by atoms with Crippen LogP contribution in [0.3, 0.4) is 0 Å². The Morgan fingerprint density at radius 3 is 2.52 bits per heavy atom. The monoisotopic (exact) mass is 365 g/mol. The van der Waals surface area contributed by atoms with Crippen molar-refractivity contribution >= 4 is 11.6 Å². The predicted molar refractivity (Wildman–Crippen MR) is 100 cm³/mol. The molecular weight excluding hydrogens is 348 g/mol. The Morgan fingerprint density at radius 2 is 1.78 bits per heavy atom. The molecule has 1 unspecified atom stereocenters. The molecule has 0 saturated heterocycles. The topological polar surface area (TPSA) is 29.5 Å². The Labute approximate surface area is 155 Å². The van der Waals surface area contributed by atoms with Gasteiger partial charge in [0.05, 0.1) is 24.4 Å². The van der Waals surface area contributed by atoms with E-state index in [2.05, 4.69) is 0 Å². The van der Waals surface area contributed by atoms with Crippen molar-refractivity contribution in [3.05, 3.63) is 83.4 Å². The number of methoxy groups -OCH3 is 1. The number of benzene rings is 3. The Morgan fingerprint density at radius 1 is 1.00 bits per heavy atom. The number of halogens is 2. The average molecular weight is 365 g/mol. The van der Waals surface area contributed by atoms with Gasteiger partial charge < -0.3 is 9.64 Å². The molecule has 0 bridgehead atoms. The zero-order valence-corrected chi connectivity index (χ0v) is 14.9. The number of rotatable bonds is 2. The molecule has 0 aliphatic carbocycles. The maximum Gasteiger partial charge on any atom is 0.261 e. The van der Waals surface area contributed by atoms with Crippen LogP contribution in [-0.2, 0) is 0 Å². The number of ether oxygens (including phenoxy) is 1. The molecule has 136 valence electrons. The molecule has 1 amide bonds. The van der Waals surface area contributed by atoms with Crippen molar-refractivity contribution < 1.29 is 18.3 Å². The van der Waals surface area contributed by atoms with E-state index in [9.17, 15) is 13.6 Å². The van der Waals surface area contributed by atoms with Gasteiger partial charge in [0.15, 0.2) is 0 Å². The van der Waals surface area contributed by atoms with E-state index in [0.717, 1.165) is 11.1 Å². The SMILES string of the molecule is COc1ccc(C(=O)N2c3ccccc3-c3ccc(F)cc3C2C)c(F)c1. The van der Waals surface area contributed by atoms with Gasteiger partial charge >= 0.3 is 0 Å². The molecule has 1 aliphatic heterocycles. The summed E-state index contributed by atoms with van der Waals surface area (Å²) in [6.07, 6.45) is 0. The minimum atomic E-state index is -0.658. The minimum Gasteiger partial charge on any atom is -0.497 e. The third-order valence-corrected chi connectivity index (χ3v) is 4.93. The summed E-state index contributed by atoms with van der Waals surface area (Å²) in [6.45, 7) is 1.81. The van der Waals surface area contributed by atoms with Crippen LogP contribution in [0.15, 0.2) is 60.7 Å². The summed E-state index contributed by atoms with van der Waals surface area (Å²) < 4.78 is 33.4. The lowest BCUT2D eigenvalue weighted by molar-refractivity contribution is 0.0974. The number of carbonyl (C=O) groups is 1. The number of para-hydroxylation sites is 1. The molecule has 27 heavy (non-hydrogen) atoms.